The van der Waals surface area contributed by atoms with Crippen molar-refractivity contribution in [3.8, 4) is 5.75 Å². The van der Waals surface area contributed by atoms with Crippen molar-refractivity contribution in [3.05, 3.63) is 45.9 Å². The van der Waals surface area contributed by atoms with Crippen molar-refractivity contribution in [1.82, 2.24) is 20.5 Å². The number of methoxy groups -OCH3 is 1. The molecule has 0 amide bonds. The van der Waals surface area contributed by atoms with Gasteiger partial charge >= 0.3 is 0 Å². The number of guanidine groups is 1. The molecule has 1 heterocycles. The first-order valence-electron chi connectivity index (χ1n) is 9.35. The highest BCUT2D eigenvalue weighted by Crippen LogP contribution is 2.13. The molecular formula is C20H31N5O2S. The van der Waals surface area contributed by atoms with Gasteiger partial charge < -0.3 is 25.0 Å². The first kappa shape index (κ1) is 22.1. The van der Waals surface area contributed by atoms with Gasteiger partial charge in [0.1, 0.15) is 17.4 Å². The summed E-state index contributed by atoms with van der Waals surface area (Å²) in [6.07, 6.45) is 1.89. The molecule has 0 fully saturated rings. The summed E-state index contributed by atoms with van der Waals surface area (Å²) in [4.78, 5) is 12.0. The molecule has 0 saturated carbocycles. The van der Waals surface area contributed by atoms with Crippen LogP contribution in [-0.2, 0) is 17.8 Å². The maximum absolute atomic E-state index is 5.88. The van der Waals surface area contributed by atoms with Crippen LogP contribution >= 0.6 is 11.3 Å². The van der Waals surface area contributed by atoms with Gasteiger partial charge in [-0.3, -0.25) is 4.99 Å². The normalized spacial score (nSPS) is 11.7. The van der Waals surface area contributed by atoms with Gasteiger partial charge in [-0.2, -0.15) is 0 Å². The Morgan fingerprint density at radius 1 is 1.21 bits per heavy atom. The van der Waals surface area contributed by atoms with E-state index in [4.69, 9.17) is 9.47 Å². The van der Waals surface area contributed by atoms with Crippen molar-refractivity contribution in [3.63, 3.8) is 0 Å². The average Bonchev–Trinajstić information content (AvgIpc) is 3.12. The molecule has 0 saturated heterocycles. The lowest BCUT2D eigenvalue weighted by atomic mass is 10.2. The molecule has 0 unspecified atom stereocenters. The van der Waals surface area contributed by atoms with Crippen LogP contribution < -0.4 is 15.4 Å². The Morgan fingerprint density at radius 3 is 2.71 bits per heavy atom. The van der Waals surface area contributed by atoms with E-state index in [-0.39, 0.29) is 0 Å². The van der Waals surface area contributed by atoms with Crippen molar-refractivity contribution in [1.29, 1.82) is 0 Å². The number of hydrogen-bond donors (Lipinski definition) is 2. The molecule has 0 spiro atoms. The number of aliphatic imine (C=N–C) groups is 1. The molecule has 1 aromatic carbocycles. The zero-order valence-corrected chi connectivity index (χ0v) is 18.0. The Balaban J connectivity index is 1.74. The van der Waals surface area contributed by atoms with Crippen molar-refractivity contribution >= 4 is 17.3 Å². The molecule has 7 nitrogen and oxygen atoms in total. The zero-order chi connectivity index (χ0) is 20.2. The van der Waals surface area contributed by atoms with Crippen LogP contribution in [0.15, 0.2) is 35.5 Å². The lowest BCUT2D eigenvalue weighted by molar-refractivity contribution is 0.150. The second-order valence-corrected chi connectivity index (χ2v) is 7.76. The number of aromatic nitrogens is 1. The smallest absolute Gasteiger partial charge is 0.191 e. The van der Waals surface area contributed by atoms with Crippen molar-refractivity contribution in [2.45, 2.75) is 20.0 Å². The molecule has 2 rings (SSSR count). The van der Waals surface area contributed by atoms with Crippen LogP contribution in [0.4, 0.5) is 0 Å². The van der Waals surface area contributed by atoms with E-state index in [1.807, 2.05) is 18.3 Å². The fourth-order valence-electron chi connectivity index (χ4n) is 2.47. The molecule has 0 atom stereocenters. The number of likely N-dealkylation sites (N-methyl/N-ethyl adjacent to an activating group) is 1. The van der Waals surface area contributed by atoms with Gasteiger partial charge in [0, 0.05) is 44.9 Å². The predicted octanol–water partition coefficient (Wildman–Crippen LogP) is 2.27. The fraction of sp³-hybridized carbons (Fsp3) is 0.500. The SMILES string of the molecule is CN=C(NCc1cccc(OCCN(C)CCOC)c1)NCc1ncc(C)s1. The highest BCUT2D eigenvalue weighted by Gasteiger charge is 2.03. The van der Waals surface area contributed by atoms with Crippen molar-refractivity contribution < 1.29 is 9.47 Å². The Morgan fingerprint density at radius 2 is 2.00 bits per heavy atom. The third-order valence-electron chi connectivity index (χ3n) is 4.08. The van der Waals surface area contributed by atoms with E-state index in [9.17, 15) is 0 Å². The van der Waals surface area contributed by atoms with E-state index in [1.165, 1.54) is 4.88 Å². The lowest BCUT2D eigenvalue weighted by Gasteiger charge is -2.16. The molecule has 2 N–H and O–H groups in total. The molecule has 2 aromatic rings. The Hall–Kier alpha value is -2.16. The van der Waals surface area contributed by atoms with Crippen molar-refractivity contribution in [2.24, 2.45) is 4.99 Å². The molecule has 28 heavy (non-hydrogen) atoms. The Labute approximate surface area is 171 Å². The van der Waals surface area contributed by atoms with Crippen LogP contribution in [0.5, 0.6) is 5.75 Å². The number of aryl methyl sites for hydroxylation is 1. The highest BCUT2D eigenvalue weighted by molar-refractivity contribution is 7.11. The summed E-state index contributed by atoms with van der Waals surface area (Å²) in [5.74, 6) is 1.62. The van der Waals surface area contributed by atoms with E-state index < -0.39 is 0 Å². The minimum absolute atomic E-state index is 0.646. The van der Waals surface area contributed by atoms with Gasteiger partial charge in [-0.15, -0.1) is 11.3 Å². The quantitative estimate of drug-likeness (QED) is 0.441. The van der Waals surface area contributed by atoms with E-state index in [2.05, 4.69) is 51.6 Å². The van der Waals surface area contributed by atoms with E-state index in [0.717, 1.165) is 42.0 Å². The number of ether oxygens (including phenoxy) is 2. The summed E-state index contributed by atoms with van der Waals surface area (Å²) in [5.41, 5.74) is 1.14. The van der Waals surface area contributed by atoms with Gasteiger partial charge in [-0.1, -0.05) is 12.1 Å². The largest absolute Gasteiger partial charge is 0.492 e. The topological polar surface area (TPSA) is 71.0 Å². The number of benzene rings is 1. The number of thiazole rings is 1. The Bertz CT molecular complexity index is 735. The van der Waals surface area contributed by atoms with E-state index in [0.29, 0.717) is 19.7 Å². The molecule has 8 heteroatoms. The minimum Gasteiger partial charge on any atom is -0.492 e. The summed E-state index contributed by atoms with van der Waals surface area (Å²) in [6.45, 7) is 6.53. The van der Waals surface area contributed by atoms with E-state index in [1.54, 1.807) is 25.5 Å². The molecule has 0 radical (unpaired) electrons. The van der Waals surface area contributed by atoms with Gasteiger partial charge in [0.25, 0.3) is 0 Å². The number of nitrogens with one attached hydrogen (secondary N) is 2. The number of rotatable bonds is 11. The molecule has 0 aliphatic heterocycles. The maximum Gasteiger partial charge on any atom is 0.191 e. The van der Waals surface area contributed by atoms with E-state index >= 15 is 0 Å². The first-order chi connectivity index (χ1) is 13.6. The van der Waals surface area contributed by atoms with Crippen LogP contribution in [0.2, 0.25) is 0 Å². The number of nitrogens with zero attached hydrogens (tertiary/aromatic N) is 3. The second-order valence-electron chi connectivity index (χ2n) is 6.44. The van der Waals surface area contributed by atoms with Gasteiger partial charge in [-0.05, 0) is 31.7 Å². The monoisotopic (exact) mass is 405 g/mol. The summed E-state index contributed by atoms with van der Waals surface area (Å²) in [7, 11) is 5.55. The summed E-state index contributed by atoms with van der Waals surface area (Å²) >= 11 is 1.69. The first-order valence-corrected chi connectivity index (χ1v) is 10.2. The lowest BCUT2D eigenvalue weighted by Crippen LogP contribution is -2.36. The molecule has 0 bridgehead atoms. The molecular weight excluding hydrogens is 374 g/mol. The van der Waals surface area contributed by atoms with Gasteiger partial charge in [0.15, 0.2) is 5.96 Å². The van der Waals surface area contributed by atoms with Gasteiger partial charge in [-0.25, -0.2) is 4.98 Å². The molecule has 154 valence electrons. The number of hydrogen-bond acceptors (Lipinski definition) is 6. The summed E-state index contributed by atoms with van der Waals surface area (Å²) in [6, 6.07) is 8.12. The standard InChI is InChI=1S/C20H31N5O2S/c1-16-13-22-19(28-16)15-24-20(21-2)23-14-17-6-5-7-18(12-17)27-11-9-25(3)8-10-26-4/h5-7,12-13H,8-11,14-15H2,1-4H3,(H2,21,23,24). The summed E-state index contributed by atoms with van der Waals surface area (Å²) < 4.78 is 11.0. The van der Waals surface area contributed by atoms with Crippen molar-refractivity contribution in [2.75, 3.05) is 47.5 Å². The van der Waals surface area contributed by atoms with Crippen LogP contribution in [0.1, 0.15) is 15.4 Å². The van der Waals surface area contributed by atoms with Gasteiger partial charge in [0.2, 0.25) is 0 Å². The predicted molar refractivity (Wildman–Crippen MR) is 115 cm³/mol. The third-order valence-corrected chi connectivity index (χ3v) is 4.99. The highest BCUT2D eigenvalue weighted by atomic mass is 32.1. The average molecular weight is 406 g/mol. The third kappa shape index (κ3) is 8.24. The molecule has 0 aliphatic rings. The second kappa shape index (κ2) is 12.3. The van der Waals surface area contributed by atoms with Crippen LogP contribution in [-0.4, -0.2) is 63.4 Å². The fourth-order valence-corrected chi connectivity index (χ4v) is 3.20. The molecule has 0 aliphatic carbocycles. The minimum atomic E-state index is 0.646. The van der Waals surface area contributed by atoms with Crippen LogP contribution in [0.3, 0.4) is 0 Å². The maximum atomic E-state index is 5.88. The van der Waals surface area contributed by atoms with Crippen LogP contribution in [0.25, 0.3) is 0 Å². The summed E-state index contributed by atoms with van der Waals surface area (Å²) in [5, 5.41) is 7.66. The Kier molecular flexibility index (Phi) is 9.74. The molecule has 1 aromatic heterocycles. The van der Waals surface area contributed by atoms with Gasteiger partial charge in [0.05, 0.1) is 13.2 Å². The van der Waals surface area contributed by atoms with Crippen LogP contribution in [0, 0.1) is 6.92 Å². The zero-order valence-electron chi connectivity index (χ0n) is 17.2.